The van der Waals surface area contributed by atoms with E-state index in [4.69, 9.17) is 77.6 Å². The summed E-state index contributed by atoms with van der Waals surface area (Å²) in [5.41, 5.74) is 0. The maximum atomic E-state index is 4.97. The van der Waals surface area contributed by atoms with Crippen molar-refractivity contribution in [3.8, 4) is 0 Å². The molecule has 0 saturated heterocycles. The Kier molecular flexibility index (Phi) is 11.1. The minimum atomic E-state index is -2.72. The second-order valence-electron chi connectivity index (χ2n) is 0.643. The lowest BCUT2D eigenvalue weighted by molar-refractivity contribution is 3.80. The molecule has 0 saturated carbocycles. The van der Waals surface area contributed by atoms with Crippen molar-refractivity contribution in [2.45, 2.75) is 0 Å². The van der Waals surface area contributed by atoms with Gasteiger partial charge in [0.15, 0.2) is 0 Å². The molecule has 0 aromatic heterocycles. The fourth-order valence-electron chi connectivity index (χ4n) is 0. The Morgan fingerprint density at radius 3 is 0.778 bits per heavy atom. The van der Waals surface area contributed by atoms with Gasteiger partial charge in [-0.15, -0.1) is 77.6 Å². The van der Waals surface area contributed by atoms with Gasteiger partial charge in [-0.25, -0.2) is 0 Å². The van der Waals surface area contributed by atoms with Gasteiger partial charge in [-0.1, -0.05) is 0 Å². The number of hydrogen-bond acceptors (Lipinski definition) is 0. The van der Waals surface area contributed by atoms with Crippen LogP contribution >= 0.6 is 77.6 Å². The van der Waals surface area contributed by atoms with Crippen molar-refractivity contribution < 1.29 is 0 Å². The van der Waals surface area contributed by atoms with Gasteiger partial charge in [0.2, 0.25) is 0 Å². The van der Waals surface area contributed by atoms with Crippen molar-refractivity contribution in [2.24, 2.45) is 0 Å². The average molecular weight is 304 g/mol. The van der Waals surface area contributed by atoms with Crippen molar-refractivity contribution >= 4 is 89.6 Å². The summed E-state index contributed by atoms with van der Waals surface area (Å²) in [6.07, 6.45) is 0. The fourth-order valence-corrected chi connectivity index (χ4v) is 0. The van der Waals surface area contributed by atoms with Gasteiger partial charge in [0.1, 0.15) is 0 Å². The van der Waals surface area contributed by atoms with Gasteiger partial charge in [-0.3, -0.25) is 0 Å². The molecule has 0 aliphatic heterocycles. The predicted molar refractivity (Wildman–Crippen MR) is 52.5 cm³/mol. The lowest BCUT2D eigenvalue weighted by atomic mass is 27.6. The molecule has 0 aliphatic rings. The molecule has 0 bridgehead atoms. The second kappa shape index (κ2) is 7.13. The van der Waals surface area contributed by atoms with Crippen LogP contribution in [0.4, 0.5) is 0 Å². The molecule has 0 aliphatic carbocycles. The van der Waals surface area contributed by atoms with Crippen LogP contribution < -0.4 is 0 Å². The van der Waals surface area contributed by atoms with Gasteiger partial charge in [0, 0.05) is 0 Å². The maximum Gasteiger partial charge on any atom is 0.440 e. The van der Waals surface area contributed by atoms with E-state index in [0.29, 0.717) is 0 Å². The van der Waals surface area contributed by atoms with Crippen molar-refractivity contribution in [2.75, 3.05) is 0 Å². The van der Waals surface area contributed by atoms with Crippen molar-refractivity contribution in [1.82, 2.24) is 0 Å². The van der Waals surface area contributed by atoms with E-state index < -0.39 is 12.0 Å². The fraction of sp³-hybridized carbons (Fsp3) is 0. The van der Waals surface area contributed by atoms with Crippen LogP contribution in [0.5, 0.6) is 0 Å². The van der Waals surface area contributed by atoms with Crippen LogP contribution in [0.25, 0.3) is 0 Å². The first-order valence-electron chi connectivity index (χ1n) is 1.32. The van der Waals surface area contributed by atoms with Crippen molar-refractivity contribution in [3.63, 3.8) is 0 Å². The first kappa shape index (κ1) is 14.0. The zero-order valence-corrected chi connectivity index (χ0v) is 10.9. The molecule has 0 spiro atoms. The van der Waals surface area contributed by atoms with E-state index in [2.05, 4.69) is 0 Å². The lowest BCUT2D eigenvalue weighted by Crippen LogP contribution is -1.91. The molecule has 57 valence electrons. The molecule has 0 fully saturated rings. The smallest absolute Gasteiger partial charge is 0.125 e. The van der Waals surface area contributed by atoms with E-state index in [-0.39, 0.29) is 0 Å². The van der Waals surface area contributed by atoms with Crippen LogP contribution in [0.3, 0.4) is 0 Å². The number of hydrogen-bond donors (Lipinski definition) is 0. The molecule has 0 nitrogen and oxygen atoms in total. The molecule has 1 radical (unpaired) electrons. The van der Waals surface area contributed by atoms with Gasteiger partial charge in [0.25, 0.3) is 0 Å². The number of rotatable bonds is 0. The zero-order valence-electron chi connectivity index (χ0n) is 3.65. The van der Waals surface area contributed by atoms with Crippen molar-refractivity contribution in [1.29, 1.82) is 0 Å². The molecule has 0 atom stereocenters. The standard InChI is InChI=1S/Cl4Si.Cl3Si/c1-5(2,3)4;1-4(2)3. The van der Waals surface area contributed by atoms with E-state index in [0.717, 1.165) is 0 Å². The summed E-state index contributed by atoms with van der Waals surface area (Å²) in [4.78, 5) is 0. The van der Waals surface area contributed by atoms with Gasteiger partial charge in [0.05, 0.1) is 0 Å². The Balaban J connectivity index is 0. The third-order valence-electron chi connectivity index (χ3n) is 0. The van der Waals surface area contributed by atoms with E-state index in [1.165, 1.54) is 0 Å². The first-order chi connectivity index (χ1) is 3.73. The minimum Gasteiger partial charge on any atom is -0.125 e. The Morgan fingerprint density at radius 1 is 0.778 bits per heavy atom. The molecule has 0 aromatic carbocycles. The molecule has 0 rings (SSSR count). The minimum absolute atomic E-state index is 1.46. The van der Waals surface area contributed by atoms with Crippen LogP contribution in [0, 0.1) is 0 Å². The molecule has 0 heterocycles. The normalized spacial score (nSPS) is 10.7. The first-order valence-corrected chi connectivity index (χ1v) is 11.9. The quantitative estimate of drug-likeness (QED) is 0.467. The lowest BCUT2D eigenvalue weighted by Gasteiger charge is -1.85. The van der Waals surface area contributed by atoms with Gasteiger partial charge in [-0.2, -0.15) is 0 Å². The molecule has 0 aromatic rings. The van der Waals surface area contributed by atoms with Gasteiger partial charge in [-0.05, 0) is 0 Å². The summed E-state index contributed by atoms with van der Waals surface area (Å²) in [5, 5.41) is -2.72. The van der Waals surface area contributed by atoms with Crippen LogP contribution in [0.2, 0.25) is 0 Å². The summed E-state index contributed by atoms with van der Waals surface area (Å²) < 4.78 is 0. The SMILES string of the molecule is Cl[Si](Cl)(Cl)Cl.Cl[Si](Cl)Cl. The van der Waals surface area contributed by atoms with E-state index in [9.17, 15) is 0 Å². The highest BCUT2D eigenvalue weighted by molar-refractivity contribution is 7.81. The third-order valence-corrected chi connectivity index (χ3v) is 0. The summed E-state index contributed by atoms with van der Waals surface area (Å²) in [6, 6.07) is 0. The Morgan fingerprint density at radius 2 is 0.778 bits per heavy atom. The summed E-state index contributed by atoms with van der Waals surface area (Å²) in [6.45, 7) is -1.46. The summed E-state index contributed by atoms with van der Waals surface area (Å²) in [5.74, 6) is 0. The van der Waals surface area contributed by atoms with Crippen LogP contribution in [0.1, 0.15) is 0 Å². The van der Waals surface area contributed by atoms with Crippen molar-refractivity contribution in [3.05, 3.63) is 0 Å². The zero-order chi connectivity index (χ0) is 8.08. The van der Waals surface area contributed by atoms with Gasteiger partial charge < -0.3 is 0 Å². The maximum absolute atomic E-state index is 4.97. The monoisotopic (exact) mass is 301 g/mol. The van der Waals surface area contributed by atoms with E-state index in [1.54, 1.807) is 0 Å². The second-order valence-corrected chi connectivity index (χ2v) is 17.4. The highest BCUT2D eigenvalue weighted by atomic mass is 36.0. The highest BCUT2D eigenvalue weighted by Crippen LogP contribution is 2.23. The Labute approximate surface area is 88.8 Å². The third kappa shape index (κ3) is 123. The van der Waals surface area contributed by atoms with Gasteiger partial charge >= 0.3 is 12.0 Å². The largest absolute Gasteiger partial charge is 0.440 e. The molecule has 9 heavy (non-hydrogen) atoms. The van der Waals surface area contributed by atoms with Crippen LogP contribution in [0.15, 0.2) is 0 Å². The summed E-state index contributed by atoms with van der Waals surface area (Å²) >= 11 is 34.6. The predicted octanol–water partition coefficient (Wildman–Crippen LogP) is 4.06. The summed E-state index contributed by atoms with van der Waals surface area (Å²) in [7, 11) is 0. The average Bonchev–Trinajstić information content (AvgIpc) is 1.19. The Hall–Kier alpha value is 2.46. The number of halogens is 7. The topological polar surface area (TPSA) is 0 Å². The molecule has 0 N–H and O–H groups in total. The highest BCUT2D eigenvalue weighted by Gasteiger charge is 2.19. The molecule has 9 heteroatoms. The Bertz CT molecular complexity index is 43.7. The van der Waals surface area contributed by atoms with Crippen LogP contribution in [-0.4, -0.2) is 12.0 Å². The van der Waals surface area contributed by atoms with E-state index >= 15 is 0 Å². The molecular formula is Cl7Si2. The van der Waals surface area contributed by atoms with Crippen LogP contribution in [-0.2, 0) is 0 Å². The molecule has 0 unspecified atom stereocenters. The molecule has 0 amide bonds. The van der Waals surface area contributed by atoms with E-state index in [1.807, 2.05) is 0 Å². The molecular weight excluding hydrogens is 304 g/mol.